The number of anilines is 1. The van der Waals surface area contributed by atoms with E-state index in [4.69, 9.17) is 4.74 Å². The average molecular weight is 427 g/mol. The predicted octanol–water partition coefficient (Wildman–Crippen LogP) is 3.66. The molecule has 1 amide bonds. The molecule has 7 heteroatoms. The Bertz CT molecular complexity index is 876. The Labute approximate surface area is 166 Å². The van der Waals surface area contributed by atoms with Crippen LogP contribution in [0.15, 0.2) is 71.6 Å². The van der Waals surface area contributed by atoms with Crippen LogP contribution in [0.2, 0.25) is 0 Å². The maximum atomic E-state index is 12.6. The molecule has 3 aromatic rings. The highest BCUT2D eigenvalue weighted by atomic mass is 79.9. The third-order valence-electron chi connectivity index (χ3n) is 3.68. The first-order valence-corrected chi connectivity index (χ1v) is 9.26. The summed E-state index contributed by atoms with van der Waals surface area (Å²) in [5.74, 6) is 1.11. The number of ether oxygens (including phenoxy) is 1. The Morgan fingerprint density at radius 2 is 1.96 bits per heavy atom. The molecule has 1 aromatic carbocycles. The van der Waals surface area contributed by atoms with Crippen LogP contribution in [0.1, 0.15) is 15.9 Å². The van der Waals surface area contributed by atoms with E-state index in [0.717, 1.165) is 15.8 Å². The minimum Gasteiger partial charge on any atom is -0.492 e. The number of benzene rings is 1. The van der Waals surface area contributed by atoms with E-state index in [-0.39, 0.29) is 5.91 Å². The maximum Gasteiger partial charge on any atom is 0.255 e. The second-order valence-corrected chi connectivity index (χ2v) is 6.60. The number of hydrogen-bond donors (Lipinski definition) is 2. The third kappa shape index (κ3) is 5.79. The van der Waals surface area contributed by atoms with Gasteiger partial charge in [0.1, 0.15) is 18.2 Å². The van der Waals surface area contributed by atoms with Gasteiger partial charge in [-0.25, -0.2) is 4.98 Å². The molecule has 2 N–H and O–H groups in total. The van der Waals surface area contributed by atoms with Crippen LogP contribution >= 0.6 is 15.9 Å². The molecular weight excluding hydrogens is 408 g/mol. The Kier molecular flexibility index (Phi) is 6.76. The van der Waals surface area contributed by atoms with E-state index in [1.54, 1.807) is 24.7 Å². The van der Waals surface area contributed by atoms with Crippen molar-refractivity contribution in [2.24, 2.45) is 0 Å². The lowest BCUT2D eigenvalue weighted by Gasteiger charge is -2.12. The van der Waals surface area contributed by atoms with Gasteiger partial charge in [-0.2, -0.15) is 0 Å². The van der Waals surface area contributed by atoms with Gasteiger partial charge < -0.3 is 15.4 Å². The molecule has 0 saturated heterocycles. The molecule has 0 bridgehead atoms. The number of amides is 1. The van der Waals surface area contributed by atoms with Crippen LogP contribution in [-0.4, -0.2) is 29.0 Å². The molecule has 0 fully saturated rings. The van der Waals surface area contributed by atoms with Crippen LogP contribution in [0.4, 0.5) is 5.82 Å². The van der Waals surface area contributed by atoms with E-state index < -0.39 is 0 Å². The molecule has 0 radical (unpaired) electrons. The first-order valence-electron chi connectivity index (χ1n) is 8.47. The molecule has 2 aromatic heterocycles. The van der Waals surface area contributed by atoms with Crippen LogP contribution < -0.4 is 15.4 Å². The molecule has 27 heavy (non-hydrogen) atoms. The van der Waals surface area contributed by atoms with Gasteiger partial charge >= 0.3 is 0 Å². The smallest absolute Gasteiger partial charge is 0.255 e. The summed E-state index contributed by atoms with van der Waals surface area (Å²) < 4.78 is 6.39. The summed E-state index contributed by atoms with van der Waals surface area (Å²) in [7, 11) is 0. The molecule has 6 nitrogen and oxygen atoms in total. The number of carbonyl (C=O) groups is 1. The molecule has 0 aliphatic carbocycles. The van der Waals surface area contributed by atoms with Gasteiger partial charge in [-0.1, -0.05) is 24.3 Å². The summed E-state index contributed by atoms with van der Waals surface area (Å²) in [4.78, 5) is 20.9. The second-order valence-electron chi connectivity index (χ2n) is 5.68. The van der Waals surface area contributed by atoms with Gasteiger partial charge in [-0.05, 0) is 45.8 Å². The number of nitrogens with zero attached hydrogens (tertiary/aromatic N) is 2. The Morgan fingerprint density at radius 3 is 2.74 bits per heavy atom. The molecule has 3 rings (SSSR count). The van der Waals surface area contributed by atoms with Crippen molar-refractivity contribution in [2.75, 3.05) is 18.5 Å². The first-order chi connectivity index (χ1) is 13.2. The summed E-state index contributed by atoms with van der Waals surface area (Å²) in [6.45, 7) is 1.38. The minimum atomic E-state index is -0.209. The van der Waals surface area contributed by atoms with Crippen molar-refractivity contribution in [1.82, 2.24) is 15.3 Å². The maximum absolute atomic E-state index is 12.6. The molecule has 2 heterocycles. The average Bonchev–Trinajstić information content (AvgIpc) is 2.72. The highest BCUT2D eigenvalue weighted by Crippen LogP contribution is 2.18. The number of rotatable bonds is 8. The Morgan fingerprint density at radius 1 is 1.11 bits per heavy atom. The highest BCUT2D eigenvalue weighted by Gasteiger charge is 2.13. The number of aromatic nitrogens is 2. The van der Waals surface area contributed by atoms with Crippen molar-refractivity contribution in [3.63, 3.8) is 0 Å². The highest BCUT2D eigenvalue weighted by molar-refractivity contribution is 9.10. The van der Waals surface area contributed by atoms with Gasteiger partial charge in [0.25, 0.3) is 5.91 Å². The molecule has 0 aliphatic rings. The third-order valence-corrected chi connectivity index (χ3v) is 4.11. The van der Waals surface area contributed by atoms with Crippen molar-refractivity contribution in [3.8, 4) is 5.75 Å². The van der Waals surface area contributed by atoms with Crippen molar-refractivity contribution < 1.29 is 9.53 Å². The number of pyridine rings is 2. The fraction of sp³-hybridized carbons (Fsp3) is 0.150. The standard InChI is InChI=1S/C20H19BrN4O2/c21-16-11-18(20(26)25-13-15-5-4-8-22-12-15)19(24-14-16)23-9-10-27-17-6-2-1-3-7-17/h1-8,11-12,14H,9-10,13H2,(H,23,24)(H,25,26). The number of halogens is 1. The van der Waals surface area contributed by atoms with E-state index in [2.05, 4.69) is 36.5 Å². The van der Waals surface area contributed by atoms with Crippen LogP contribution in [0.5, 0.6) is 5.75 Å². The predicted molar refractivity (Wildman–Crippen MR) is 108 cm³/mol. The number of hydrogen-bond acceptors (Lipinski definition) is 5. The summed E-state index contributed by atoms with van der Waals surface area (Å²) in [6.07, 6.45) is 5.07. The van der Waals surface area contributed by atoms with Gasteiger partial charge in [0.15, 0.2) is 0 Å². The lowest BCUT2D eigenvalue weighted by Crippen LogP contribution is -2.25. The largest absolute Gasteiger partial charge is 0.492 e. The van der Waals surface area contributed by atoms with Gasteiger partial charge in [-0.3, -0.25) is 9.78 Å². The summed E-state index contributed by atoms with van der Waals surface area (Å²) >= 11 is 3.37. The number of para-hydroxylation sites is 1. The first kappa shape index (κ1) is 18.8. The zero-order chi connectivity index (χ0) is 18.9. The van der Waals surface area contributed by atoms with Crippen molar-refractivity contribution >= 4 is 27.7 Å². The molecule has 0 spiro atoms. The van der Waals surface area contributed by atoms with Crippen molar-refractivity contribution in [2.45, 2.75) is 6.54 Å². The topological polar surface area (TPSA) is 76.1 Å². The fourth-order valence-electron chi connectivity index (χ4n) is 2.39. The van der Waals surface area contributed by atoms with Crippen LogP contribution in [0, 0.1) is 0 Å². The number of nitrogens with one attached hydrogen (secondary N) is 2. The summed E-state index contributed by atoms with van der Waals surface area (Å²) in [5.41, 5.74) is 1.40. The molecule has 0 unspecified atom stereocenters. The van der Waals surface area contributed by atoms with E-state index in [0.29, 0.717) is 31.1 Å². The monoisotopic (exact) mass is 426 g/mol. The zero-order valence-electron chi connectivity index (χ0n) is 14.6. The lowest BCUT2D eigenvalue weighted by molar-refractivity contribution is 0.0951. The Balaban J connectivity index is 1.57. The number of carbonyl (C=O) groups excluding carboxylic acids is 1. The van der Waals surface area contributed by atoms with Crippen LogP contribution in [0.3, 0.4) is 0 Å². The van der Waals surface area contributed by atoms with Crippen LogP contribution in [-0.2, 0) is 6.54 Å². The quantitative estimate of drug-likeness (QED) is 0.537. The van der Waals surface area contributed by atoms with Crippen LogP contribution in [0.25, 0.3) is 0 Å². The zero-order valence-corrected chi connectivity index (χ0v) is 16.1. The lowest BCUT2D eigenvalue weighted by atomic mass is 10.2. The van der Waals surface area contributed by atoms with Crippen molar-refractivity contribution in [3.05, 3.63) is 82.7 Å². The van der Waals surface area contributed by atoms with E-state index in [9.17, 15) is 4.79 Å². The molecule has 0 atom stereocenters. The van der Waals surface area contributed by atoms with E-state index in [1.807, 2.05) is 42.5 Å². The van der Waals surface area contributed by atoms with Gasteiger partial charge in [-0.15, -0.1) is 0 Å². The van der Waals surface area contributed by atoms with Crippen molar-refractivity contribution in [1.29, 1.82) is 0 Å². The summed E-state index contributed by atoms with van der Waals surface area (Å²) in [5, 5.41) is 6.05. The SMILES string of the molecule is O=C(NCc1cccnc1)c1cc(Br)cnc1NCCOc1ccccc1. The normalized spacial score (nSPS) is 10.3. The van der Waals surface area contributed by atoms with Gasteiger partial charge in [0, 0.05) is 29.6 Å². The molecule has 138 valence electrons. The Hall–Kier alpha value is -2.93. The fourth-order valence-corrected chi connectivity index (χ4v) is 2.72. The van der Waals surface area contributed by atoms with Gasteiger partial charge in [0.05, 0.1) is 12.1 Å². The summed E-state index contributed by atoms with van der Waals surface area (Å²) in [6, 6.07) is 15.1. The van der Waals surface area contributed by atoms with Gasteiger partial charge in [0.2, 0.25) is 0 Å². The van der Waals surface area contributed by atoms with E-state index >= 15 is 0 Å². The molecular formula is C20H19BrN4O2. The molecule has 0 saturated carbocycles. The minimum absolute atomic E-state index is 0.209. The second kappa shape index (κ2) is 9.68. The molecule has 0 aliphatic heterocycles. The van der Waals surface area contributed by atoms with E-state index in [1.165, 1.54) is 0 Å².